The molecule has 0 aliphatic rings. The highest BCUT2D eigenvalue weighted by Gasteiger charge is 2.09. The van der Waals surface area contributed by atoms with Crippen LogP contribution in [-0.4, -0.2) is 29.4 Å². The number of rotatable bonds is 7. The first kappa shape index (κ1) is 15.9. The van der Waals surface area contributed by atoms with Gasteiger partial charge in [-0.2, -0.15) is 5.10 Å². The number of methoxy groups -OCH3 is 1. The molecule has 0 unspecified atom stereocenters. The normalized spacial score (nSPS) is 10.4. The molecular formula is C15H17N3O4. The molecule has 116 valence electrons. The monoisotopic (exact) mass is 303 g/mol. The van der Waals surface area contributed by atoms with E-state index in [1.165, 1.54) is 23.9 Å². The van der Waals surface area contributed by atoms with Crippen molar-refractivity contribution in [2.45, 2.75) is 13.2 Å². The number of nitrogens with zero attached hydrogens (tertiary/aromatic N) is 2. The van der Waals surface area contributed by atoms with Crippen LogP contribution in [0.4, 0.5) is 0 Å². The number of nitrogens with one attached hydrogen (secondary N) is 1. The van der Waals surface area contributed by atoms with Gasteiger partial charge < -0.3 is 4.74 Å². The lowest BCUT2D eigenvalue weighted by Crippen LogP contribution is -2.30. The predicted octanol–water partition coefficient (Wildman–Crippen LogP) is 0.751. The van der Waals surface area contributed by atoms with Crippen LogP contribution in [0.5, 0.6) is 0 Å². The molecule has 1 aromatic heterocycles. The minimum atomic E-state index is -0.512. The van der Waals surface area contributed by atoms with Crippen LogP contribution in [0.15, 0.2) is 47.3 Å². The molecule has 0 atom stereocenters. The minimum Gasteiger partial charge on any atom is -0.383 e. The van der Waals surface area contributed by atoms with Crippen molar-refractivity contribution in [2.24, 2.45) is 0 Å². The first-order valence-electron chi connectivity index (χ1n) is 6.74. The fraction of sp³-hybridized carbons (Fsp3) is 0.267. The van der Waals surface area contributed by atoms with Crippen molar-refractivity contribution >= 4 is 5.91 Å². The standard InChI is InChI=1S/C15H17N3O4/c1-21-10-9-18-14(19)8-7-13(16-18)15(20)17-22-11-12-5-3-2-4-6-12/h2-8H,9-11H2,1H3,(H,17,20). The van der Waals surface area contributed by atoms with Gasteiger partial charge in [-0.1, -0.05) is 30.3 Å². The Balaban J connectivity index is 1.93. The summed E-state index contributed by atoms with van der Waals surface area (Å²) >= 11 is 0. The molecule has 1 heterocycles. The smallest absolute Gasteiger partial charge is 0.295 e. The van der Waals surface area contributed by atoms with Crippen molar-refractivity contribution in [1.29, 1.82) is 0 Å². The van der Waals surface area contributed by atoms with E-state index in [4.69, 9.17) is 9.57 Å². The van der Waals surface area contributed by atoms with E-state index in [0.29, 0.717) is 6.61 Å². The highest BCUT2D eigenvalue weighted by atomic mass is 16.6. The highest BCUT2D eigenvalue weighted by Crippen LogP contribution is 1.99. The van der Waals surface area contributed by atoms with Crippen LogP contribution in [0, 0.1) is 0 Å². The fourth-order valence-electron chi connectivity index (χ4n) is 1.72. The van der Waals surface area contributed by atoms with Gasteiger partial charge in [-0.15, -0.1) is 0 Å². The van der Waals surface area contributed by atoms with Crippen molar-refractivity contribution in [2.75, 3.05) is 13.7 Å². The summed E-state index contributed by atoms with van der Waals surface area (Å²) < 4.78 is 6.07. The Morgan fingerprint density at radius 3 is 2.73 bits per heavy atom. The first-order chi connectivity index (χ1) is 10.7. The van der Waals surface area contributed by atoms with Crippen LogP contribution in [0.1, 0.15) is 16.1 Å². The summed E-state index contributed by atoms with van der Waals surface area (Å²) in [6, 6.07) is 12.1. The molecule has 0 aliphatic carbocycles. The third-order valence-electron chi connectivity index (χ3n) is 2.85. The van der Waals surface area contributed by atoms with Gasteiger partial charge in [0.15, 0.2) is 5.69 Å². The highest BCUT2D eigenvalue weighted by molar-refractivity contribution is 5.91. The summed E-state index contributed by atoms with van der Waals surface area (Å²) in [6.07, 6.45) is 0. The number of hydroxylamine groups is 1. The molecular weight excluding hydrogens is 286 g/mol. The van der Waals surface area contributed by atoms with Crippen molar-refractivity contribution < 1.29 is 14.4 Å². The molecule has 1 aromatic carbocycles. The van der Waals surface area contributed by atoms with Gasteiger partial charge in [0.1, 0.15) is 0 Å². The summed E-state index contributed by atoms with van der Waals surface area (Å²) in [4.78, 5) is 28.6. The Morgan fingerprint density at radius 2 is 2.00 bits per heavy atom. The van der Waals surface area contributed by atoms with Crippen molar-refractivity contribution in [3.8, 4) is 0 Å². The quantitative estimate of drug-likeness (QED) is 0.763. The lowest BCUT2D eigenvalue weighted by molar-refractivity contribution is 0.0227. The SMILES string of the molecule is COCCn1nc(C(=O)NOCc2ccccc2)ccc1=O. The fourth-order valence-corrected chi connectivity index (χ4v) is 1.72. The molecule has 0 aliphatic heterocycles. The minimum absolute atomic E-state index is 0.101. The van der Waals surface area contributed by atoms with Gasteiger partial charge in [0.25, 0.3) is 11.5 Å². The molecule has 7 nitrogen and oxygen atoms in total. The Labute approximate surface area is 127 Å². The van der Waals surface area contributed by atoms with E-state index < -0.39 is 5.91 Å². The van der Waals surface area contributed by atoms with Crippen molar-refractivity contribution in [3.05, 3.63) is 64.1 Å². The first-order valence-corrected chi connectivity index (χ1v) is 6.74. The molecule has 0 saturated carbocycles. The van der Waals surface area contributed by atoms with Gasteiger partial charge >= 0.3 is 0 Å². The van der Waals surface area contributed by atoms with Crippen LogP contribution in [0.25, 0.3) is 0 Å². The van der Waals surface area contributed by atoms with Gasteiger partial charge in [-0.25, -0.2) is 10.2 Å². The number of benzene rings is 1. The van der Waals surface area contributed by atoms with E-state index in [-0.39, 0.29) is 24.4 Å². The average molecular weight is 303 g/mol. The van der Waals surface area contributed by atoms with Crippen molar-refractivity contribution in [3.63, 3.8) is 0 Å². The van der Waals surface area contributed by atoms with Gasteiger partial charge in [0, 0.05) is 13.2 Å². The molecule has 1 N–H and O–H groups in total. The zero-order valence-electron chi connectivity index (χ0n) is 12.2. The van der Waals surface area contributed by atoms with Crippen LogP contribution < -0.4 is 11.0 Å². The maximum absolute atomic E-state index is 11.9. The second kappa shape index (κ2) is 8.06. The number of hydrogen-bond donors (Lipinski definition) is 1. The van der Waals surface area contributed by atoms with Gasteiger partial charge in [-0.3, -0.25) is 14.4 Å². The molecule has 2 rings (SSSR count). The third kappa shape index (κ3) is 4.51. The molecule has 0 radical (unpaired) electrons. The van der Waals surface area contributed by atoms with E-state index in [2.05, 4.69) is 10.6 Å². The zero-order chi connectivity index (χ0) is 15.8. The number of amides is 1. The summed E-state index contributed by atoms with van der Waals surface area (Å²) in [5.74, 6) is -0.512. The number of aromatic nitrogens is 2. The molecule has 22 heavy (non-hydrogen) atoms. The Morgan fingerprint density at radius 1 is 1.23 bits per heavy atom. The van der Waals surface area contributed by atoms with Gasteiger partial charge in [0.05, 0.1) is 19.8 Å². The summed E-state index contributed by atoms with van der Waals surface area (Å²) in [5.41, 5.74) is 3.04. The second-order valence-electron chi connectivity index (χ2n) is 4.48. The van der Waals surface area contributed by atoms with Crippen LogP contribution in [0.3, 0.4) is 0 Å². The van der Waals surface area contributed by atoms with E-state index in [1.807, 2.05) is 30.3 Å². The van der Waals surface area contributed by atoms with Gasteiger partial charge in [-0.05, 0) is 11.6 Å². The molecule has 0 bridgehead atoms. The third-order valence-corrected chi connectivity index (χ3v) is 2.85. The maximum Gasteiger partial charge on any atom is 0.295 e. The number of carbonyl (C=O) groups excluding carboxylic acids is 1. The molecule has 1 amide bonds. The van der Waals surface area contributed by atoms with E-state index >= 15 is 0 Å². The molecule has 0 fully saturated rings. The largest absolute Gasteiger partial charge is 0.383 e. The summed E-state index contributed by atoms with van der Waals surface area (Å²) in [6.45, 7) is 0.861. The second-order valence-corrected chi connectivity index (χ2v) is 4.48. The van der Waals surface area contributed by atoms with Crippen LogP contribution >= 0.6 is 0 Å². The average Bonchev–Trinajstić information content (AvgIpc) is 2.55. The van der Waals surface area contributed by atoms with Crippen LogP contribution in [-0.2, 0) is 22.7 Å². The van der Waals surface area contributed by atoms with E-state index in [1.54, 1.807) is 0 Å². The van der Waals surface area contributed by atoms with Crippen LogP contribution in [0.2, 0.25) is 0 Å². The van der Waals surface area contributed by atoms with Crippen molar-refractivity contribution in [1.82, 2.24) is 15.3 Å². The molecule has 0 saturated heterocycles. The number of ether oxygens (including phenoxy) is 1. The molecule has 0 spiro atoms. The van der Waals surface area contributed by atoms with E-state index in [0.717, 1.165) is 5.56 Å². The van der Waals surface area contributed by atoms with E-state index in [9.17, 15) is 9.59 Å². The lowest BCUT2D eigenvalue weighted by atomic mass is 10.2. The molecule has 7 heteroatoms. The maximum atomic E-state index is 11.9. The number of hydrogen-bond acceptors (Lipinski definition) is 5. The number of carbonyl (C=O) groups is 1. The zero-order valence-corrected chi connectivity index (χ0v) is 12.2. The Kier molecular flexibility index (Phi) is 5.81. The summed E-state index contributed by atoms with van der Waals surface area (Å²) in [5, 5.41) is 3.97. The Bertz CT molecular complexity index is 670. The Hall–Kier alpha value is -2.51. The topological polar surface area (TPSA) is 82.5 Å². The van der Waals surface area contributed by atoms with Gasteiger partial charge in [0.2, 0.25) is 0 Å². The molecule has 2 aromatic rings. The summed E-state index contributed by atoms with van der Waals surface area (Å²) in [7, 11) is 1.53. The predicted molar refractivity (Wildman–Crippen MR) is 79.1 cm³/mol. The lowest BCUT2D eigenvalue weighted by Gasteiger charge is -2.07.